The van der Waals surface area contributed by atoms with E-state index in [2.05, 4.69) is 15.6 Å². The van der Waals surface area contributed by atoms with Gasteiger partial charge < -0.3 is 15.6 Å². The van der Waals surface area contributed by atoms with Gasteiger partial charge in [-0.25, -0.2) is 0 Å². The Morgan fingerprint density at radius 1 is 1.33 bits per heavy atom. The number of H-pyrrole nitrogens is 1. The van der Waals surface area contributed by atoms with E-state index in [4.69, 9.17) is 0 Å². The second-order valence-electron chi connectivity index (χ2n) is 5.10. The maximum atomic E-state index is 12.3. The predicted molar refractivity (Wildman–Crippen MR) is 85.2 cm³/mol. The number of aromatic nitrogens is 1. The topological polar surface area (TPSA) is 74.0 Å². The normalized spacial score (nSPS) is 17.4. The van der Waals surface area contributed by atoms with Crippen molar-refractivity contribution in [3.63, 3.8) is 0 Å². The number of nitrogens with one attached hydrogen (secondary N) is 3. The smallest absolute Gasteiger partial charge is 0.252 e. The lowest BCUT2D eigenvalue weighted by molar-refractivity contribution is 0.0952. The van der Waals surface area contributed by atoms with Gasteiger partial charge in [-0.2, -0.15) is 0 Å². The van der Waals surface area contributed by atoms with E-state index >= 15 is 0 Å². The average molecular weight is 308 g/mol. The largest absolute Gasteiger partial charge is 0.350 e. The molecule has 1 aromatic heterocycles. The molecule has 0 spiro atoms. The summed E-state index contributed by atoms with van der Waals surface area (Å²) in [5.74, 6) is -0.194. The van der Waals surface area contributed by atoms with Gasteiger partial charge in [-0.1, -0.05) is 18.2 Å². The molecule has 2 heterocycles. The zero-order valence-corrected chi connectivity index (χ0v) is 12.3. The number of para-hydroxylation sites is 1. The van der Waals surface area contributed by atoms with Crippen molar-refractivity contribution in [1.29, 1.82) is 0 Å². The van der Waals surface area contributed by atoms with Crippen molar-refractivity contribution in [1.82, 2.24) is 15.6 Å². The van der Waals surface area contributed by atoms with Crippen LogP contribution in [0.25, 0.3) is 10.9 Å². The Labute approximate surface area is 128 Å². The van der Waals surface area contributed by atoms with Crippen LogP contribution in [-0.2, 0) is 0 Å². The molecule has 6 heteroatoms. The van der Waals surface area contributed by atoms with E-state index in [0.717, 1.165) is 24.8 Å². The van der Waals surface area contributed by atoms with Crippen molar-refractivity contribution in [2.24, 2.45) is 0 Å². The molecule has 1 aliphatic heterocycles. The molecule has 0 aliphatic carbocycles. The van der Waals surface area contributed by atoms with Gasteiger partial charge in [-0.05, 0) is 25.5 Å². The highest BCUT2D eigenvalue weighted by Gasteiger charge is 2.16. The summed E-state index contributed by atoms with van der Waals surface area (Å²) < 4.78 is 0. The minimum atomic E-state index is -0.257. The Hall–Kier alpha value is -1.85. The molecule has 21 heavy (non-hydrogen) atoms. The van der Waals surface area contributed by atoms with Gasteiger partial charge in [0.2, 0.25) is 5.56 Å². The lowest BCUT2D eigenvalue weighted by Gasteiger charge is -2.12. The van der Waals surface area contributed by atoms with Crippen LogP contribution in [0.5, 0.6) is 0 Å². The van der Waals surface area contributed by atoms with Crippen LogP contribution in [0.2, 0.25) is 0 Å². The quantitative estimate of drug-likeness (QED) is 0.803. The molecule has 112 valence electrons. The predicted octanol–water partition coefficient (Wildman–Crippen LogP) is 1.43. The summed E-state index contributed by atoms with van der Waals surface area (Å²) in [5, 5.41) is 7.00. The second kappa shape index (κ2) is 6.74. The van der Waals surface area contributed by atoms with E-state index in [9.17, 15) is 9.59 Å². The Bertz CT molecular complexity index is 693. The summed E-state index contributed by atoms with van der Waals surface area (Å²) in [7, 11) is 0. The van der Waals surface area contributed by atoms with Gasteiger partial charge in [0, 0.05) is 29.6 Å². The van der Waals surface area contributed by atoms with Crippen molar-refractivity contribution < 1.29 is 4.79 Å². The van der Waals surface area contributed by atoms with Crippen LogP contribution in [0.3, 0.4) is 0 Å². The Morgan fingerprint density at radius 2 is 2.14 bits per heavy atom. The number of hydrogen-bond acceptors (Lipinski definition) is 3. The van der Waals surface area contributed by atoms with Crippen LogP contribution in [-0.4, -0.2) is 30.0 Å². The molecule has 1 fully saturated rings. The van der Waals surface area contributed by atoms with Gasteiger partial charge in [-0.3, -0.25) is 9.59 Å². The lowest BCUT2D eigenvalue weighted by atomic mass is 10.1. The molecule has 1 saturated heterocycles. The second-order valence-corrected chi connectivity index (χ2v) is 5.10. The van der Waals surface area contributed by atoms with Crippen LogP contribution in [0.4, 0.5) is 0 Å². The zero-order chi connectivity index (χ0) is 13.9. The molecule has 3 rings (SSSR count). The molecule has 1 aromatic carbocycles. The number of carbonyl (C=O) groups excluding carboxylic acids is 1. The van der Waals surface area contributed by atoms with Crippen molar-refractivity contribution in [3.05, 3.63) is 46.2 Å². The number of amides is 1. The minimum absolute atomic E-state index is 0. The summed E-state index contributed by atoms with van der Waals surface area (Å²) in [5.41, 5.74) is 0.860. The molecule has 0 radical (unpaired) electrons. The number of pyridine rings is 1. The van der Waals surface area contributed by atoms with Gasteiger partial charge in [0.25, 0.3) is 5.91 Å². The van der Waals surface area contributed by atoms with Crippen LogP contribution in [0.1, 0.15) is 23.2 Å². The van der Waals surface area contributed by atoms with Gasteiger partial charge >= 0.3 is 0 Å². The summed E-state index contributed by atoms with van der Waals surface area (Å²) >= 11 is 0. The van der Waals surface area contributed by atoms with Crippen LogP contribution < -0.4 is 16.2 Å². The molecule has 5 nitrogen and oxygen atoms in total. The fraction of sp³-hybridized carbons (Fsp3) is 0.333. The third-order valence-corrected chi connectivity index (χ3v) is 3.67. The standard InChI is InChI=1S/C15H17N3O2.ClH/c19-14-8-12(11-5-1-2-6-13(11)18-14)15(20)17-9-10-4-3-7-16-10;/h1-2,5-6,8,10,16H,3-4,7,9H2,(H,17,20)(H,18,19);1H. The third kappa shape index (κ3) is 3.43. The van der Waals surface area contributed by atoms with Crippen LogP contribution in [0.15, 0.2) is 35.1 Å². The van der Waals surface area contributed by atoms with E-state index in [-0.39, 0.29) is 23.9 Å². The van der Waals surface area contributed by atoms with E-state index in [1.165, 1.54) is 6.07 Å². The zero-order valence-electron chi connectivity index (χ0n) is 11.5. The first-order valence-corrected chi connectivity index (χ1v) is 6.88. The maximum Gasteiger partial charge on any atom is 0.252 e. The van der Waals surface area contributed by atoms with E-state index < -0.39 is 0 Å². The summed E-state index contributed by atoms with van der Waals surface area (Å²) in [4.78, 5) is 26.6. The van der Waals surface area contributed by atoms with E-state index in [0.29, 0.717) is 23.7 Å². The number of benzene rings is 1. The Balaban J connectivity index is 0.00000161. The fourth-order valence-electron chi connectivity index (χ4n) is 2.63. The first-order valence-electron chi connectivity index (χ1n) is 6.88. The number of carbonyl (C=O) groups is 1. The molecule has 1 unspecified atom stereocenters. The van der Waals surface area contributed by atoms with Crippen molar-refractivity contribution in [2.75, 3.05) is 13.1 Å². The maximum absolute atomic E-state index is 12.3. The highest BCUT2D eigenvalue weighted by Crippen LogP contribution is 2.14. The number of halogens is 1. The lowest BCUT2D eigenvalue weighted by Crippen LogP contribution is -2.37. The van der Waals surface area contributed by atoms with Gasteiger partial charge in [0.1, 0.15) is 0 Å². The number of rotatable bonds is 3. The molecule has 0 bridgehead atoms. The van der Waals surface area contributed by atoms with E-state index in [1.807, 2.05) is 18.2 Å². The number of hydrogen-bond donors (Lipinski definition) is 3. The SMILES string of the molecule is Cl.O=C(NCC1CCCN1)c1cc(=O)[nH]c2ccccc12. The van der Waals surface area contributed by atoms with E-state index in [1.54, 1.807) is 6.07 Å². The van der Waals surface area contributed by atoms with Crippen LogP contribution >= 0.6 is 12.4 Å². The molecule has 2 aromatic rings. The summed E-state index contributed by atoms with van der Waals surface area (Å²) in [6.45, 7) is 1.61. The molecule has 1 atom stereocenters. The summed E-state index contributed by atoms with van der Waals surface area (Å²) in [6.07, 6.45) is 2.23. The molecule has 0 saturated carbocycles. The minimum Gasteiger partial charge on any atom is -0.350 e. The first-order chi connectivity index (χ1) is 9.74. The van der Waals surface area contributed by atoms with Crippen molar-refractivity contribution in [3.8, 4) is 0 Å². The van der Waals surface area contributed by atoms with Crippen molar-refractivity contribution >= 4 is 29.2 Å². The molecule has 3 N–H and O–H groups in total. The number of fused-ring (bicyclic) bond motifs is 1. The Morgan fingerprint density at radius 3 is 2.90 bits per heavy atom. The van der Waals surface area contributed by atoms with Crippen LogP contribution in [0, 0.1) is 0 Å². The van der Waals surface area contributed by atoms with Crippen molar-refractivity contribution in [2.45, 2.75) is 18.9 Å². The Kier molecular flexibility index (Phi) is 4.98. The monoisotopic (exact) mass is 307 g/mol. The molecular formula is C15H18ClN3O2. The third-order valence-electron chi connectivity index (χ3n) is 3.67. The number of aromatic amines is 1. The fourth-order valence-corrected chi connectivity index (χ4v) is 2.63. The van der Waals surface area contributed by atoms with Gasteiger partial charge in [0.05, 0.1) is 5.56 Å². The average Bonchev–Trinajstić information content (AvgIpc) is 2.97. The molecular weight excluding hydrogens is 290 g/mol. The highest BCUT2D eigenvalue weighted by atomic mass is 35.5. The first kappa shape index (κ1) is 15.5. The van der Waals surface area contributed by atoms with Gasteiger partial charge in [0.15, 0.2) is 0 Å². The van der Waals surface area contributed by atoms with Gasteiger partial charge in [-0.15, -0.1) is 12.4 Å². The summed E-state index contributed by atoms with van der Waals surface area (Å²) in [6, 6.07) is 9.03. The molecule has 1 aliphatic rings. The highest BCUT2D eigenvalue weighted by molar-refractivity contribution is 6.05. The molecule has 1 amide bonds.